The van der Waals surface area contributed by atoms with Gasteiger partial charge in [-0.2, -0.15) is 0 Å². The minimum Gasteiger partial charge on any atom is -0.464 e. The highest BCUT2D eigenvalue weighted by Crippen LogP contribution is 2.26. The molecule has 1 N–H and O–H groups in total. The molecule has 0 fully saturated rings. The van der Waals surface area contributed by atoms with Gasteiger partial charge in [-0.3, -0.25) is 4.98 Å². The molecule has 4 nitrogen and oxygen atoms in total. The maximum atomic E-state index is 13.7. The monoisotopic (exact) mass is 227 g/mol. The maximum absolute atomic E-state index is 13.7. The number of aliphatic hydroxyl groups is 1. The lowest BCUT2D eigenvalue weighted by molar-refractivity contribution is -0.160. The number of pyridine rings is 1. The highest BCUT2D eigenvalue weighted by Gasteiger charge is 2.40. The summed E-state index contributed by atoms with van der Waals surface area (Å²) in [7, 11) is 0. The minimum absolute atomic E-state index is 0.0718. The van der Waals surface area contributed by atoms with E-state index in [0.29, 0.717) is 0 Å². The van der Waals surface area contributed by atoms with Crippen molar-refractivity contribution in [3.8, 4) is 0 Å². The molecule has 1 heterocycles. The molecule has 5 heteroatoms. The fourth-order valence-electron chi connectivity index (χ4n) is 1.25. The van der Waals surface area contributed by atoms with Crippen LogP contribution in [0.4, 0.5) is 4.39 Å². The van der Waals surface area contributed by atoms with Gasteiger partial charge in [0.25, 0.3) is 0 Å². The topological polar surface area (TPSA) is 59.4 Å². The molecule has 0 spiro atoms. The highest BCUT2D eigenvalue weighted by molar-refractivity contribution is 5.76. The van der Waals surface area contributed by atoms with E-state index in [1.807, 2.05) is 0 Å². The van der Waals surface area contributed by atoms with Crippen LogP contribution in [-0.2, 0) is 15.1 Å². The van der Waals surface area contributed by atoms with Crippen molar-refractivity contribution in [2.45, 2.75) is 25.6 Å². The Hall–Kier alpha value is -1.49. The molecule has 0 saturated heterocycles. The molecule has 0 aliphatic carbocycles. The first-order chi connectivity index (χ1) is 7.50. The smallest absolute Gasteiger partial charge is 0.344 e. The van der Waals surface area contributed by atoms with Crippen LogP contribution >= 0.6 is 0 Å². The van der Waals surface area contributed by atoms with Gasteiger partial charge in [0.2, 0.25) is 6.17 Å². The number of carbonyl (C=O) groups excluding carboxylic acids is 1. The number of nitrogens with zero attached hydrogens (tertiary/aromatic N) is 1. The fraction of sp³-hybridized carbons (Fsp3) is 0.455. The van der Waals surface area contributed by atoms with Crippen molar-refractivity contribution in [1.29, 1.82) is 0 Å². The average molecular weight is 227 g/mol. The van der Waals surface area contributed by atoms with E-state index in [2.05, 4.69) is 9.72 Å². The van der Waals surface area contributed by atoms with Crippen molar-refractivity contribution >= 4 is 5.97 Å². The normalized spacial score (nSPS) is 16.2. The van der Waals surface area contributed by atoms with Gasteiger partial charge in [0, 0.05) is 18.0 Å². The molecule has 0 saturated carbocycles. The number of rotatable bonds is 4. The molecule has 1 aromatic heterocycles. The van der Waals surface area contributed by atoms with Crippen LogP contribution in [0.3, 0.4) is 0 Å². The first-order valence-corrected chi connectivity index (χ1v) is 4.93. The van der Waals surface area contributed by atoms with Gasteiger partial charge < -0.3 is 9.84 Å². The molecule has 1 rings (SSSR count). The van der Waals surface area contributed by atoms with Crippen molar-refractivity contribution in [1.82, 2.24) is 4.98 Å². The Labute approximate surface area is 93.1 Å². The summed E-state index contributed by atoms with van der Waals surface area (Å²) in [4.78, 5) is 14.9. The maximum Gasteiger partial charge on any atom is 0.344 e. The summed E-state index contributed by atoms with van der Waals surface area (Å²) in [6.45, 7) is 2.86. The lowest BCUT2D eigenvalue weighted by Crippen LogP contribution is -2.40. The number of halogens is 1. The predicted octanol–water partition coefficient (Wildman–Crippen LogP) is 1.19. The van der Waals surface area contributed by atoms with Crippen LogP contribution in [0.15, 0.2) is 24.5 Å². The van der Waals surface area contributed by atoms with Gasteiger partial charge in [-0.05, 0) is 19.9 Å². The van der Waals surface area contributed by atoms with Gasteiger partial charge in [0.15, 0.2) is 0 Å². The summed E-state index contributed by atoms with van der Waals surface area (Å²) in [6.07, 6.45) is 0.680. The lowest BCUT2D eigenvalue weighted by atomic mass is 9.92. The molecule has 0 aliphatic rings. The van der Waals surface area contributed by atoms with Crippen LogP contribution in [0.5, 0.6) is 0 Å². The van der Waals surface area contributed by atoms with E-state index in [0.717, 1.165) is 0 Å². The zero-order valence-electron chi connectivity index (χ0n) is 9.18. The molecule has 0 aliphatic heterocycles. The van der Waals surface area contributed by atoms with E-state index >= 15 is 0 Å². The van der Waals surface area contributed by atoms with Gasteiger partial charge in [-0.25, -0.2) is 9.18 Å². The van der Waals surface area contributed by atoms with Crippen molar-refractivity contribution in [3.05, 3.63) is 30.1 Å². The Bertz CT molecular complexity index is 354. The van der Waals surface area contributed by atoms with Crippen molar-refractivity contribution < 1.29 is 19.0 Å². The van der Waals surface area contributed by atoms with Crippen LogP contribution in [0.25, 0.3) is 0 Å². The van der Waals surface area contributed by atoms with Crippen LogP contribution in [0, 0.1) is 0 Å². The second-order valence-electron chi connectivity index (χ2n) is 3.50. The molecule has 0 amide bonds. The van der Waals surface area contributed by atoms with Crippen molar-refractivity contribution in [2.75, 3.05) is 6.61 Å². The predicted molar refractivity (Wildman–Crippen MR) is 55.3 cm³/mol. The summed E-state index contributed by atoms with van der Waals surface area (Å²) in [5.74, 6) is -1.07. The van der Waals surface area contributed by atoms with Gasteiger partial charge >= 0.3 is 5.97 Å². The van der Waals surface area contributed by atoms with Crippen molar-refractivity contribution in [3.63, 3.8) is 0 Å². The number of aromatic nitrogens is 1. The largest absolute Gasteiger partial charge is 0.464 e. The van der Waals surface area contributed by atoms with Gasteiger partial charge in [0.1, 0.15) is 5.60 Å². The summed E-state index contributed by atoms with van der Waals surface area (Å²) < 4.78 is 18.2. The molecular weight excluding hydrogens is 213 g/mol. The number of ether oxygens (including phenoxy) is 1. The third-order valence-electron chi connectivity index (χ3n) is 2.23. The highest BCUT2D eigenvalue weighted by atomic mass is 19.1. The number of hydrogen-bond donors (Lipinski definition) is 1. The third-order valence-corrected chi connectivity index (χ3v) is 2.23. The molecule has 2 unspecified atom stereocenters. The van der Waals surface area contributed by atoms with Crippen LogP contribution < -0.4 is 0 Å². The molecule has 88 valence electrons. The molecule has 16 heavy (non-hydrogen) atoms. The van der Waals surface area contributed by atoms with Gasteiger partial charge in [0.05, 0.1) is 6.61 Å². The van der Waals surface area contributed by atoms with E-state index in [4.69, 9.17) is 0 Å². The van der Waals surface area contributed by atoms with Crippen LogP contribution in [0.1, 0.15) is 19.4 Å². The van der Waals surface area contributed by atoms with Gasteiger partial charge in [-0.1, -0.05) is 6.07 Å². The SMILES string of the molecule is CCOC(=O)C(F)C(C)(O)c1cccnc1. The first-order valence-electron chi connectivity index (χ1n) is 4.93. The summed E-state index contributed by atoms with van der Waals surface area (Å²) in [5, 5.41) is 9.94. The molecule has 0 radical (unpaired) electrons. The number of esters is 1. The third kappa shape index (κ3) is 2.55. The molecule has 0 bridgehead atoms. The summed E-state index contributed by atoms with van der Waals surface area (Å²) in [6, 6.07) is 3.06. The number of hydrogen-bond acceptors (Lipinski definition) is 4. The Balaban J connectivity index is 2.89. The number of alkyl halides is 1. The zero-order valence-corrected chi connectivity index (χ0v) is 9.18. The van der Waals surface area contributed by atoms with Gasteiger partial charge in [-0.15, -0.1) is 0 Å². The minimum atomic E-state index is -2.13. The quantitative estimate of drug-likeness (QED) is 0.785. The summed E-state index contributed by atoms with van der Waals surface area (Å²) in [5.41, 5.74) is -1.70. The van der Waals surface area contributed by atoms with E-state index in [-0.39, 0.29) is 12.2 Å². The Morgan fingerprint density at radius 3 is 2.94 bits per heavy atom. The Morgan fingerprint density at radius 1 is 1.75 bits per heavy atom. The summed E-state index contributed by atoms with van der Waals surface area (Å²) >= 11 is 0. The number of carbonyl (C=O) groups is 1. The van der Waals surface area contributed by atoms with Crippen LogP contribution in [0.2, 0.25) is 0 Å². The van der Waals surface area contributed by atoms with E-state index in [1.165, 1.54) is 25.4 Å². The van der Waals surface area contributed by atoms with E-state index in [1.54, 1.807) is 13.0 Å². The average Bonchev–Trinajstić information content (AvgIpc) is 2.29. The second-order valence-corrected chi connectivity index (χ2v) is 3.50. The van der Waals surface area contributed by atoms with Crippen molar-refractivity contribution in [2.24, 2.45) is 0 Å². The zero-order chi connectivity index (χ0) is 12.2. The Morgan fingerprint density at radius 2 is 2.44 bits per heavy atom. The lowest BCUT2D eigenvalue weighted by Gasteiger charge is -2.25. The first kappa shape index (κ1) is 12.6. The molecule has 2 atom stereocenters. The van der Waals surface area contributed by atoms with Crippen LogP contribution in [-0.4, -0.2) is 28.8 Å². The molecule has 1 aromatic rings. The standard InChI is InChI=1S/C11H14FNO3/c1-3-16-10(14)9(12)11(2,15)8-5-4-6-13-7-8/h4-7,9,15H,3H2,1-2H3. The Kier molecular flexibility index (Phi) is 3.95. The second kappa shape index (κ2) is 5.03. The fourth-order valence-corrected chi connectivity index (χ4v) is 1.25. The van der Waals surface area contributed by atoms with E-state index in [9.17, 15) is 14.3 Å². The van der Waals surface area contributed by atoms with E-state index < -0.39 is 17.7 Å². The molecule has 0 aromatic carbocycles. The molecular formula is C11H14FNO3.